The van der Waals surface area contributed by atoms with E-state index in [-0.39, 0.29) is 0 Å². The molecule has 0 saturated carbocycles. The van der Waals surface area contributed by atoms with Crippen molar-refractivity contribution in [2.24, 2.45) is 10.9 Å². The molecule has 0 bridgehead atoms. The van der Waals surface area contributed by atoms with Gasteiger partial charge in [0.05, 0.1) is 0 Å². The van der Waals surface area contributed by atoms with Crippen LogP contribution in [-0.2, 0) is 0 Å². The molecule has 2 nitrogen and oxygen atoms in total. The summed E-state index contributed by atoms with van der Waals surface area (Å²) < 4.78 is 0.989. The maximum Gasteiger partial charge on any atom is 0.155 e. The van der Waals surface area contributed by atoms with Gasteiger partial charge >= 0.3 is 0 Å². The van der Waals surface area contributed by atoms with Gasteiger partial charge < -0.3 is 5.84 Å². The number of hydrogen-bond acceptors (Lipinski definition) is 5. The Kier molecular flexibility index (Phi) is 5.67. The van der Waals surface area contributed by atoms with E-state index in [9.17, 15) is 0 Å². The number of thiocarbonyl (C=S) groups is 1. The quantitative estimate of drug-likeness (QED) is 0.162. The first-order chi connectivity index (χ1) is 4.20. The molecule has 0 atom stereocenters. The fraction of sp³-hybridized carbons (Fsp3) is 0.333. The van der Waals surface area contributed by atoms with Crippen LogP contribution >= 0.6 is 47.3 Å². The summed E-state index contributed by atoms with van der Waals surface area (Å²) >= 11 is 12.6. The number of nitrogens with two attached hydrogens (primary N) is 1. The molecule has 0 rings (SSSR count). The van der Waals surface area contributed by atoms with Crippen LogP contribution in [0.3, 0.4) is 0 Å². The molecule has 0 unspecified atom stereocenters. The lowest BCUT2D eigenvalue weighted by Gasteiger charge is -1.93. The number of thioether (sulfide) groups is 2. The van der Waals surface area contributed by atoms with Gasteiger partial charge in [0.15, 0.2) is 4.38 Å². The number of halogens is 1. The summed E-state index contributed by atoms with van der Waals surface area (Å²) in [5.41, 5.74) is 0. The Hall–Kier alpha value is 0.550. The number of hydrazone groups is 1. The van der Waals surface area contributed by atoms with Crippen LogP contribution < -0.4 is 5.84 Å². The Morgan fingerprint density at radius 3 is 2.44 bits per heavy atom. The number of hydrogen-bond donors (Lipinski definition) is 1. The maximum atomic E-state index is 5.37. The highest BCUT2D eigenvalue weighted by molar-refractivity contribution is 8.49. The summed E-state index contributed by atoms with van der Waals surface area (Å²) in [7, 11) is 0. The van der Waals surface area contributed by atoms with Gasteiger partial charge in [-0.15, -0.1) is 11.8 Å². The van der Waals surface area contributed by atoms with Crippen LogP contribution in [0.5, 0.6) is 0 Å². The van der Waals surface area contributed by atoms with Crippen LogP contribution in [0.15, 0.2) is 5.10 Å². The summed E-state index contributed by atoms with van der Waals surface area (Å²) in [5.74, 6) is 4.96. The van der Waals surface area contributed by atoms with Crippen LogP contribution in [0, 0.1) is 0 Å². The van der Waals surface area contributed by atoms with E-state index in [0.29, 0.717) is 8.03 Å². The van der Waals surface area contributed by atoms with Crippen molar-refractivity contribution in [1.82, 2.24) is 0 Å². The molecule has 0 amide bonds. The lowest BCUT2D eigenvalue weighted by molar-refractivity contribution is 1.27. The van der Waals surface area contributed by atoms with E-state index in [2.05, 4.69) is 17.3 Å². The van der Waals surface area contributed by atoms with Crippen molar-refractivity contribution >= 4 is 55.4 Å². The molecule has 0 fully saturated rings. The molecule has 6 heteroatoms. The van der Waals surface area contributed by atoms with E-state index in [0.717, 1.165) is 0 Å². The van der Waals surface area contributed by atoms with Crippen molar-refractivity contribution in [1.29, 1.82) is 0 Å². The van der Waals surface area contributed by atoms with E-state index in [1.54, 1.807) is 0 Å². The monoisotopic (exact) mass is 200 g/mol. The molecule has 0 aliphatic rings. The van der Waals surface area contributed by atoms with Crippen LogP contribution in [0.2, 0.25) is 0 Å². The van der Waals surface area contributed by atoms with Crippen LogP contribution in [0.25, 0.3) is 0 Å². The lowest BCUT2D eigenvalue weighted by Crippen LogP contribution is -1.91. The summed E-state index contributed by atoms with van der Waals surface area (Å²) in [4.78, 5) is 0. The minimum absolute atomic E-state index is 0.313. The second-order valence-electron chi connectivity index (χ2n) is 0.939. The highest BCUT2D eigenvalue weighted by Gasteiger charge is 1.98. The molecule has 9 heavy (non-hydrogen) atoms. The van der Waals surface area contributed by atoms with Crippen molar-refractivity contribution < 1.29 is 0 Å². The molecule has 2 N–H and O–H groups in total. The zero-order valence-corrected chi connectivity index (χ0v) is 7.83. The Labute approximate surface area is 72.6 Å². The van der Waals surface area contributed by atoms with Gasteiger partial charge in [-0.25, -0.2) is 0 Å². The van der Waals surface area contributed by atoms with E-state index >= 15 is 0 Å². The summed E-state index contributed by atoms with van der Waals surface area (Å²) in [6, 6.07) is 0. The van der Waals surface area contributed by atoms with Gasteiger partial charge in [-0.1, -0.05) is 23.8 Å². The Bertz CT molecular complexity index is 135. The third-order valence-electron chi connectivity index (χ3n) is 0.448. The standard InChI is InChI=1S/C3H5ClN2S3/c1-8-3(6-5)9-2(4)7/h5H2,1H3/b6-3+. The molecule has 0 spiro atoms. The third-order valence-corrected chi connectivity index (χ3v) is 2.57. The molecule has 0 radical (unpaired) electrons. The second-order valence-corrected chi connectivity index (χ2v) is 4.48. The third kappa shape index (κ3) is 5.02. The molecule has 0 aromatic heterocycles. The van der Waals surface area contributed by atoms with Crippen LogP contribution in [0.4, 0.5) is 0 Å². The Morgan fingerprint density at radius 2 is 2.33 bits per heavy atom. The Morgan fingerprint density at radius 1 is 1.78 bits per heavy atom. The minimum atomic E-state index is 0.313. The van der Waals surface area contributed by atoms with Crippen molar-refractivity contribution in [3.8, 4) is 0 Å². The molecule has 0 saturated heterocycles. The zero-order chi connectivity index (χ0) is 7.28. The molecule has 0 aromatic carbocycles. The van der Waals surface area contributed by atoms with Crippen LogP contribution in [-0.4, -0.2) is 14.3 Å². The van der Waals surface area contributed by atoms with E-state index in [1.807, 2.05) is 6.26 Å². The van der Waals surface area contributed by atoms with E-state index in [1.165, 1.54) is 23.5 Å². The predicted molar refractivity (Wildman–Crippen MR) is 51.2 cm³/mol. The molecule has 0 heterocycles. The van der Waals surface area contributed by atoms with Crippen molar-refractivity contribution in [2.45, 2.75) is 0 Å². The highest BCUT2D eigenvalue weighted by Crippen LogP contribution is 2.17. The zero-order valence-electron chi connectivity index (χ0n) is 4.63. The Balaban J connectivity index is 3.71. The second kappa shape index (κ2) is 5.34. The maximum absolute atomic E-state index is 5.37. The number of nitrogens with zero attached hydrogens (tertiary/aromatic N) is 1. The fourth-order valence-corrected chi connectivity index (χ4v) is 1.82. The number of rotatable bonds is 0. The minimum Gasteiger partial charge on any atom is -0.322 e. The van der Waals surface area contributed by atoms with E-state index in [4.69, 9.17) is 17.4 Å². The van der Waals surface area contributed by atoms with Crippen molar-refractivity contribution in [3.05, 3.63) is 0 Å². The van der Waals surface area contributed by atoms with E-state index < -0.39 is 0 Å². The van der Waals surface area contributed by atoms with Crippen LogP contribution in [0.1, 0.15) is 0 Å². The van der Waals surface area contributed by atoms with Crippen molar-refractivity contribution in [3.63, 3.8) is 0 Å². The van der Waals surface area contributed by atoms with Gasteiger partial charge in [0, 0.05) is 0 Å². The fourth-order valence-electron chi connectivity index (χ4n) is 0.189. The van der Waals surface area contributed by atoms with Gasteiger partial charge in [-0.2, -0.15) is 5.10 Å². The normalized spacial score (nSPS) is 11.6. The van der Waals surface area contributed by atoms with Gasteiger partial charge in [-0.05, 0) is 18.0 Å². The topological polar surface area (TPSA) is 38.4 Å². The van der Waals surface area contributed by atoms with Gasteiger partial charge in [0.1, 0.15) is 3.66 Å². The molecule has 52 valence electrons. The first-order valence-corrected chi connectivity index (χ1v) is 4.72. The average molecular weight is 201 g/mol. The van der Waals surface area contributed by atoms with Gasteiger partial charge in [0.2, 0.25) is 0 Å². The molecular weight excluding hydrogens is 196 g/mol. The summed E-state index contributed by atoms with van der Waals surface area (Å²) in [6.07, 6.45) is 1.86. The molecule has 0 aliphatic carbocycles. The summed E-state index contributed by atoms with van der Waals surface area (Å²) in [6.45, 7) is 0. The van der Waals surface area contributed by atoms with Gasteiger partial charge in [-0.3, -0.25) is 0 Å². The van der Waals surface area contributed by atoms with Gasteiger partial charge in [0.25, 0.3) is 0 Å². The lowest BCUT2D eigenvalue weighted by atomic mass is 11.6. The largest absolute Gasteiger partial charge is 0.322 e. The predicted octanol–water partition coefficient (Wildman–Crippen LogP) is 1.84. The SMILES string of the molecule is CS/C(=N\N)SC(=S)Cl. The average Bonchev–Trinajstić information content (AvgIpc) is 1.82. The molecule has 0 aromatic rings. The molecular formula is C3H5ClN2S3. The smallest absolute Gasteiger partial charge is 0.155 e. The summed E-state index contributed by atoms with van der Waals surface area (Å²) in [5, 5.41) is 3.42. The molecule has 0 aliphatic heterocycles. The highest BCUT2D eigenvalue weighted by atomic mass is 35.5. The van der Waals surface area contributed by atoms with Crippen molar-refractivity contribution in [2.75, 3.05) is 6.26 Å². The first kappa shape index (κ1) is 9.55. The first-order valence-electron chi connectivity index (χ1n) is 1.90.